The van der Waals surface area contributed by atoms with Crippen LogP contribution in [0.4, 0.5) is 0 Å². The number of allylic oxidation sites excluding steroid dienone is 1. The van der Waals surface area contributed by atoms with Crippen LogP contribution in [0.2, 0.25) is 0 Å². The van der Waals surface area contributed by atoms with Gasteiger partial charge < -0.3 is 4.74 Å². The van der Waals surface area contributed by atoms with Crippen molar-refractivity contribution in [2.45, 2.75) is 25.8 Å². The summed E-state index contributed by atoms with van der Waals surface area (Å²) in [4.78, 5) is 2.49. The molecule has 78 valence electrons. The maximum absolute atomic E-state index is 5.36. The van der Waals surface area contributed by atoms with E-state index < -0.39 is 0 Å². The zero-order valence-electron chi connectivity index (χ0n) is 8.96. The highest BCUT2D eigenvalue weighted by Crippen LogP contribution is 2.34. The minimum Gasteiger partial charge on any atom is -0.379 e. The summed E-state index contributed by atoms with van der Waals surface area (Å²) in [6.45, 7) is 10.1. The van der Waals surface area contributed by atoms with E-state index in [9.17, 15) is 0 Å². The molecule has 1 atom stereocenters. The van der Waals surface area contributed by atoms with Crippen LogP contribution in [0.3, 0.4) is 0 Å². The quantitative estimate of drug-likeness (QED) is 0.679. The Balaban J connectivity index is 2.01. The fourth-order valence-electron chi connectivity index (χ4n) is 2.12. The van der Waals surface area contributed by atoms with Gasteiger partial charge in [-0.05, 0) is 25.3 Å². The molecule has 0 amide bonds. The highest BCUT2D eigenvalue weighted by molar-refractivity contribution is 5.35. The highest BCUT2D eigenvalue weighted by atomic mass is 16.5. The molecule has 0 bridgehead atoms. The lowest BCUT2D eigenvalue weighted by molar-refractivity contribution is 0.0273. The molecule has 14 heavy (non-hydrogen) atoms. The largest absolute Gasteiger partial charge is 0.379 e. The maximum atomic E-state index is 5.36. The van der Waals surface area contributed by atoms with Crippen LogP contribution < -0.4 is 0 Å². The lowest BCUT2D eigenvalue weighted by Crippen LogP contribution is -2.42. The minimum absolute atomic E-state index is 0.536. The molecule has 2 rings (SSSR count). The van der Waals surface area contributed by atoms with Crippen LogP contribution in [0.1, 0.15) is 19.8 Å². The van der Waals surface area contributed by atoms with Crippen molar-refractivity contribution in [1.82, 2.24) is 4.90 Å². The van der Waals surface area contributed by atoms with Gasteiger partial charge in [-0.3, -0.25) is 4.90 Å². The summed E-state index contributed by atoms with van der Waals surface area (Å²) in [5, 5.41) is 0. The Labute approximate surface area is 86.2 Å². The van der Waals surface area contributed by atoms with Crippen molar-refractivity contribution in [2.24, 2.45) is 0 Å². The zero-order valence-corrected chi connectivity index (χ0v) is 8.96. The fraction of sp³-hybridized carbons (Fsp3) is 0.667. The standard InChI is InChI=1S/C12H19NO/c1-3-12(11-4-5-11)10(2)13-6-8-14-9-7-13/h3,10H,1,4-9H2,2H3. The predicted octanol–water partition coefficient (Wildman–Crippen LogP) is 1.98. The van der Waals surface area contributed by atoms with E-state index in [0.29, 0.717) is 6.04 Å². The molecule has 1 saturated carbocycles. The third kappa shape index (κ3) is 2.07. The van der Waals surface area contributed by atoms with E-state index in [1.54, 1.807) is 5.57 Å². The Morgan fingerprint density at radius 3 is 2.57 bits per heavy atom. The third-order valence-electron chi connectivity index (χ3n) is 3.17. The summed E-state index contributed by atoms with van der Waals surface area (Å²) in [6, 6.07) is 0.536. The molecular weight excluding hydrogens is 174 g/mol. The predicted molar refractivity (Wildman–Crippen MR) is 58.3 cm³/mol. The van der Waals surface area contributed by atoms with Gasteiger partial charge in [0.05, 0.1) is 13.2 Å². The van der Waals surface area contributed by atoms with Gasteiger partial charge in [0.2, 0.25) is 0 Å². The summed E-state index contributed by atoms with van der Waals surface area (Å²) >= 11 is 0. The average molecular weight is 193 g/mol. The Morgan fingerprint density at radius 2 is 2.07 bits per heavy atom. The Morgan fingerprint density at radius 1 is 1.43 bits per heavy atom. The molecule has 2 aliphatic rings. The lowest BCUT2D eigenvalue weighted by Gasteiger charge is -2.33. The Hall–Kier alpha value is -0.600. The second-order valence-electron chi connectivity index (χ2n) is 4.09. The van der Waals surface area contributed by atoms with Crippen molar-refractivity contribution >= 4 is 0 Å². The molecule has 1 aliphatic heterocycles. The first kappa shape index (κ1) is 9.94. The Bertz CT molecular complexity index is 245. The zero-order chi connectivity index (χ0) is 9.97. The van der Waals surface area contributed by atoms with Crippen LogP contribution in [0.25, 0.3) is 0 Å². The van der Waals surface area contributed by atoms with E-state index in [-0.39, 0.29) is 0 Å². The number of hydrogen-bond acceptors (Lipinski definition) is 2. The van der Waals surface area contributed by atoms with Crippen LogP contribution in [0.5, 0.6) is 0 Å². The van der Waals surface area contributed by atoms with Crippen LogP contribution >= 0.6 is 0 Å². The van der Waals surface area contributed by atoms with Crippen molar-refractivity contribution in [3.05, 3.63) is 23.8 Å². The summed E-state index contributed by atoms with van der Waals surface area (Å²) in [5.41, 5.74) is 3.07. The number of hydrogen-bond donors (Lipinski definition) is 0. The second kappa shape index (κ2) is 4.28. The van der Waals surface area contributed by atoms with E-state index in [2.05, 4.69) is 18.4 Å². The molecule has 2 fully saturated rings. The van der Waals surface area contributed by atoms with Gasteiger partial charge in [-0.25, -0.2) is 0 Å². The van der Waals surface area contributed by atoms with Crippen molar-refractivity contribution in [3.8, 4) is 0 Å². The monoisotopic (exact) mass is 193 g/mol. The summed E-state index contributed by atoms with van der Waals surface area (Å²) in [7, 11) is 0. The molecule has 1 aliphatic carbocycles. The van der Waals surface area contributed by atoms with Crippen molar-refractivity contribution in [1.29, 1.82) is 0 Å². The molecule has 1 heterocycles. The van der Waals surface area contributed by atoms with E-state index in [1.807, 2.05) is 6.08 Å². The van der Waals surface area contributed by atoms with Gasteiger partial charge in [0.25, 0.3) is 0 Å². The molecule has 0 aromatic heterocycles. The van der Waals surface area contributed by atoms with Gasteiger partial charge in [-0.1, -0.05) is 18.2 Å². The molecule has 0 aromatic rings. The number of ether oxygens (including phenoxy) is 1. The number of rotatable bonds is 3. The number of nitrogens with zero attached hydrogens (tertiary/aromatic N) is 1. The smallest absolute Gasteiger partial charge is 0.0594 e. The average Bonchev–Trinajstić information content (AvgIpc) is 3.04. The summed E-state index contributed by atoms with van der Waals surface area (Å²) < 4.78 is 5.36. The number of morpholine rings is 1. The first-order chi connectivity index (χ1) is 6.83. The van der Waals surface area contributed by atoms with Crippen LogP contribution in [0.15, 0.2) is 23.8 Å². The van der Waals surface area contributed by atoms with Gasteiger partial charge in [0.15, 0.2) is 0 Å². The topological polar surface area (TPSA) is 12.5 Å². The van der Waals surface area contributed by atoms with E-state index in [4.69, 9.17) is 4.74 Å². The molecule has 2 heteroatoms. The highest BCUT2D eigenvalue weighted by Gasteiger charge is 2.24. The SMILES string of the molecule is C=CC(=C1CC1)C(C)N1CCOCC1. The molecule has 0 aromatic carbocycles. The van der Waals surface area contributed by atoms with Gasteiger partial charge in [-0.15, -0.1) is 0 Å². The molecule has 0 radical (unpaired) electrons. The fourth-order valence-corrected chi connectivity index (χ4v) is 2.12. The Kier molecular flexibility index (Phi) is 3.04. The third-order valence-corrected chi connectivity index (χ3v) is 3.17. The molecular formula is C12H19NO. The maximum Gasteiger partial charge on any atom is 0.0594 e. The summed E-state index contributed by atoms with van der Waals surface area (Å²) in [6.07, 6.45) is 4.62. The molecule has 1 saturated heterocycles. The van der Waals surface area contributed by atoms with Crippen molar-refractivity contribution in [2.75, 3.05) is 26.3 Å². The van der Waals surface area contributed by atoms with E-state index in [0.717, 1.165) is 26.3 Å². The first-order valence-corrected chi connectivity index (χ1v) is 5.49. The van der Waals surface area contributed by atoms with Gasteiger partial charge in [-0.2, -0.15) is 0 Å². The van der Waals surface area contributed by atoms with Crippen molar-refractivity contribution in [3.63, 3.8) is 0 Å². The molecule has 2 nitrogen and oxygen atoms in total. The van der Waals surface area contributed by atoms with Gasteiger partial charge in [0, 0.05) is 19.1 Å². The van der Waals surface area contributed by atoms with E-state index in [1.165, 1.54) is 18.4 Å². The second-order valence-corrected chi connectivity index (χ2v) is 4.09. The van der Waals surface area contributed by atoms with Crippen LogP contribution in [-0.2, 0) is 4.74 Å². The first-order valence-electron chi connectivity index (χ1n) is 5.49. The van der Waals surface area contributed by atoms with Crippen LogP contribution in [0, 0.1) is 0 Å². The van der Waals surface area contributed by atoms with Crippen molar-refractivity contribution < 1.29 is 4.74 Å². The molecule has 0 spiro atoms. The normalized spacial score (nSPS) is 24.5. The minimum atomic E-state index is 0.536. The van der Waals surface area contributed by atoms with Gasteiger partial charge in [0.1, 0.15) is 0 Å². The molecule has 1 unspecified atom stereocenters. The van der Waals surface area contributed by atoms with E-state index >= 15 is 0 Å². The lowest BCUT2D eigenvalue weighted by atomic mass is 10.1. The van der Waals surface area contributed by atoms with Crippen LogP contribution in [-0.4, -0.2) is 37.2 Å². The van der Waals surface area contributed by atoms with Gasteiger partial charge >= 0.3 is 0 Å². The molecule has 0 N–H and O–H groups in total. The summed E-state index contributed by atoms with van der Waals surface area (Å²) in [5.74, 6) is 0.